The van der Waals surface area contributed by atoms with Gasteiger partial charge in [-0.1, -0.05) is 0 Å². The largest absolute Gasteiger partial charge is 0.432 e. The zero-order valence-electron chi connectivity index (χ0n) is 6.64. The highest BCUT2D eigenvalue weighted by atomic mass is 35.5. The Labute approximate surface area is 79.2 Å². The van der Waals surface area contributed by atoms with Gasteiger partial charge in [-0.25, -0.2) is 0 Å². The molecule has 0 saturated carbocycles. The lowest BCUT2D eigenvalue weighted by Gasteiger charge is -2.14. The Bertz CT molecular complexity index is 276. The van der Waals surface area contributed by atoms with Gasteiger partial charge in [-0.3, -0.25) is 0 Å². The van der Waals surface area contributed by atoms with Crippen molar-refractivity contribution in [2.75, 3.05) is 11.6 Å². The summed E-state index contributed by atoms with van der Waals surface area (Å²) in [6, 6.07) is 5.66. The Morgan fingerprint density at radius 3 is 2.31 bits per heavy atom. The lowest BCUT2D eigenvalue weighted by molar-refractivity contribution is -0.155. The third-order valence-electron chi connectivity index (χ3n) is 1.30. The highest BCUT2D eigenvalue weighted by Crippen LogP contribution is 2.23. The summed E-state index contributed by atoms with van der Waals surface area (Å²) in [6.07, 6.45) is -3.34. The maximum atomic E-state index is 12.6. The van der Waals surface area contributed by atoms with Gasteiger partial charge in [0.1, 0.15) is 11.6 Å². The molecule has 0 aliphatic carbocycles. The normalized spacial score (nSPS) is 11.3. The van der Waals surface area contributed by atoms with Crippen LogP contribution in [0.1, 0.15) is 0 Å². The van der Waals surface area contributed by atoms with Crippen LogP contribution in [0.3, 0.4) is 0 Å². The Morgan fingerprint density at radius 1 is 1.31 bits per heavy atom. The number of halogens is 3. The molecule has 0 fully saturated rings. The van der Waals surface area contributed by atoms with E-state index >= 15 is 0 Å². The minimum absolute atomic E-state index is 0.0415. The predicted octanol–water partition coefficient (Wildman–Crippen LogP) is 2.48. The van der Waals surface area contributed by atoms with E-state index in [1.165, 1.54) is 24.3 Å². The van der Waals surface area contributed by atoms with Gasteiger partial charge >= 0.3 is 6.11 Å². The Kier molecular flexibility index (Phi) is 2.93. The monoisotopic (exact) mass is 207 g/mol. The maximum Gasteiger partial charge on any atom is 0.411 e. The first-order valence-corrected chi connectivity index (χ1v) is 4.05. The topological polar surface area (TPSA) is 35.2 Å². The summed E-state index contributed by atoms with van der Waals surface area (Å²) >= 11 is 4.97. The highest BCUT2D eigenvalue weighted by Gasteiger charge is 2.29. The van der Waals surface area contributed by atoms with Gasteiger partial charge in [0, 0.05) is 5.69 Å². The molecule has 72 valence electrons. The number of benzene rings is 1. The first-order valence-electron chi connectivity index (χ1n) is 3.52. The molecule has 0 saturated heterocycles. The first-order chi connectivity index (χ1) is 6.03. The Balaban J connectivity index is 2.69. The van der Waals surface area contributed by atoms with E-state index in [9.17, 15) is 8.78 Å². The summed E-state index contributed by atoms with van der Waals surface area (Å²) in [5.74, 6) is -0.836. The Morgan fingerprint density at radius 2 is 1.85 bits per heavy atom. The van der Waals surface area contributed by atoms with Gasteiger partial charge in [-0.15, -0.1) is 11.6 Å². The second-order valence-electron chi connectivity index (χ2n) is 2.44. The van der Waals surface area contributed by atoms with E-state index in [0.29, 0.717) is 5.69 Å². The van der Waals surface area contributed by atoms with Crippen LogP contribution in [0.5, 0.6) is 5.75 Å². The van der Waals surface area contributed by atoms with E-state index in [-0.39, 0.29) is 5.75 Å². The van der Waals surface area contributed by atoms with Gasteiger partial charge in [0.25, 0.3) is 0 Å². The number of rotatable bonds is 3. The number of alkyl halides is 3. The molecule has 0 radical (unpaired) electrons. The van der Waals surface area contributed by atoms with Gasteiger partial charge in [0.05, 0.1) is 0 Å². The standard InChI is InChI=1S/C8H8ClF2NO/c9-5-8(10,11)13-7-3-1-6(12)2-4-7/h1-4H,5,12H2. The van der Waals surface area contributed by atoms with Gasteiger partial charge < -0.3 is 10.5 Å². The Hall–Kier alpha value is -1.03. The molecule has 0 spiro atoms. The van der Waals surface area contributed by atoms with Crippen molar-refractivity contribution >= 4 is 17.3 Å². The molecule has 0 unspecified atom stereocenters. The fourth-order valence-electron chi connectivity index (χ4n) is 0.736. The number of nitrogens with two attached hydrogens (primary N) is 1. The second-order valence-corrected chi connectivity index (χ2v) is 2.71. The van der Waals surface area contributed by atoms with Crippen LogP contribution in [-0.4, -0.2) is 12.0 Å². The zero-order chi connectivity index (χ0) is 9.90. The van der Waals surface area contributed by atoms with Crippen LogP contribution in [0, 0.1) is 0 Å². The van der Waals surface area contributed by atoms with E-state index in [1.54, 1.807) is 0 Å². The van der Waals surface area contributed by atoms with Crippen molar-refractivity contribution in [3.05, 3.63) is 24.3 Å². The summed E-state index contributed by atoms with van der Waals surface area (Å²) in [5, 5.41) is 0. The van der Waals surface area contributed by atoms with E-state index in [0.717, 1.165) is 0 Å². The number of ether oxygens (including phenoxy) is 1. The van der Waals surface area contributed by atoms with Crippen molar-refractivity contribution in [3.8, 4) is 5.75 Å². The fraction of sp³-hybridized carbons (Fsp3) is 0.250. The maximum absolute atomic E-state index is 12.6. The molecule has 1 aromatic rings. The van der Waals surface area contributed by atoms with Crippen molar-refractivity contribution in [1.82, 2.24) is 0 Å². The van der Waals surface area contributed by atoms with Crippen molar-refractivity contribution in [2.24, 2.45) is 0 Å². The molecular weight excluding hydrogens is 200 g/mol. The minimum Gasteiger partial charge on any atom is -0.432 e. The van der Waals surface area contributed by atoms with Crippen molar-refractivity contribution in [2.45, 2.75) is 6.11 Å². The predicted molar refractivity (Wildman–Crippen MR) is 47.1 cm³/mol. The lowest BCUT2D eigenvalue weighted by Crippen LogP contribution is -2.26. The van der Waals surface area contributed by atoms with E-state index < -0.39 is 12.0 Å². The third kappa shape index (κ3) is 3.06. The minimum atomic E-state index is -3.34. The molecule has 0 aromatic heterocycles. The third-order valence-corrected chi connectivity index (χ3v) is 1.61. The van der Waals surface area contributed by atoms with E-state index in [1.807, 2.05) is 0 Å². The molecule has 0 aliphatic heterocycles. The molecule has 1 rings (SSSR count). The number of nitrogen functional groups attached to an aromatic ring is 1. The molecule has 2 nitrogen and oxygen atoms in total. The molecule has 0 bridgehead atoms. The number of hydrogen-bond donors (Lipinski definition) is 1. The van der Waals surface area contributed by atoms with Crippen molar-refractivity contribution in [1.29, 1.82) is 0 Å². The van der Waals surface area contributed by atoms with Crippen LogP contribution >= 0.6 is 11.6 Å². The smallest absolute Gasteiger partial charge is 0.411 e. The van der Waals surface area contributed by atoms with Crippen molar-refractivity contribution in [3.63, 3.8) is 0 Å². The van der Waals surface area contributed by atoms with Crippen LogP contribution < -0.4 is 10.5 Å². The molecule has 0 amide bonds. The second kappa shape index (κ2) is 3.79. The van der Waals surface area contributed by atoms with E-state index in [4.69, 9.17) is 17.3 Å². The van der Waals surface area contributed by atoms with Crippen LogP contribution in [0.15, 0.2) is 24.3 Å². The number of anilines is 1. The molecule has 1 aromatic carbocycles. The molecule has 5 heteroatoms. The van der Waals surface area contributed by atoms with Gasteiger partial charge in [0.2, 0.25) is 0 Å². The molecule has 13 heavy (non-hydrogen) atoms. The number of hydrogen-bond acceptors (Lipinski definition) is 2. The van der Waals surface area contributed by atoms with Gasteiger partial charge in [-0.2, -0.15) is 8.78 Å². The molecule has 0 heterocycles. The lowest BCUT2D eigenvalue weighted by atomic mass is 10.3. The average Bonchev–Trinajstić information content (AvgIpc) is 2.09. The van der Waals surface area contributed by atoms with Crippen LogP contribution in [-0.2, 0) is 0 Å². The zero-order valence-corrected chi connectivity index (χ0v) is 7.39. The van der Waals surface area contributed by atoms with Gasteiger partial charge in [-0.05, 0) is 24.3 Å². The van der Waals surface area contributed by atoms with Gasteiger partial charge in [0.15, 0.2) is 0 Å². The van der Waals surface area contributed by atoms with Crippen LogP contribution in [0.2, 0.25) is 0 Å². The van der Waals surface area contributed by atoms with Crippen molar-refractivity contribution < 1.29 is 13.5 Å². The summed E-state index contributed by atoms with van der Waals surface area (Å²) in [7, 11) is 0. The average molecular weight is 208 g/mol. The summed E-state index contributed by atoms with van der Waals surface area (Å²) in [5.41, 5.74) is 5.84. The fourth-order valence-corrected chi connectivity index (χ4v) is 0.790. The summed E-state index contributed by atoms with van der Waals surface area (Å²) < 4.78 is 29.4. The van der Waals surface area contributed by atoms with E-state index in [2.05, 4.69) is 4.74 Å². The summed E-state index contributed by atoms with van der Waals surface area (Å²) in [6.45, 7) is 0. The summed E-state index contributed by atoms with van der Waals surface area (Å²) in [4.78, 5) is 0. The van der Waals surface area contributed by atoms with Crippen LogP contribution in [0.4, 0.5) is 14.5 Å². The first kappa shape index (κ1) is 10.1. The molecule has 0 atom stereocenters. The van der Waals surface area contributed by atoms with Crippen LogP contribution in [0.25, 0.3) is 0 Å². The molecular formula is C8H8ClF2NO. The SMILES string of the molecule is Nc1ccc(OC(F)(F)CCl)cc1. The highest BCUT2D eigenvalue weighted by molar-refractivity contribution is 6.18. The quantitative estimate of drug-likeness (QED) is 0.611. The molecule has 2 N–H and O–H groups in total. The molecule has 0 aliphatic rings.